The number of carbonyl (C=O) groups is 1. The summed E-state index contributed by atoms with van der Waals surface area (Å²) in [6.45, 7) is 4.12. The molecule has 2 nitrogen and oxygen atoms in total. The van der Waals surface area contributed by atoms with Gasteiger partial charge in [0.25, 0.3) is 5.91 Å². The number of thiophene rings is 1. The van der Waals surface area contributed by atoms with E-state index in [0.717, 1.165) is 42.7 Å². The molecule has 0 atom stereocenters. The SMILES string of the molecule is Cc1ccc(Cc2c(C(=O)Nc3ccc(C)cc3Br)sc3ccccc23)cc1. The van der Waals surface area contributed by atoms with Crippen molar-refractivity contribution in [1.82, 2.24) is 0 Å². The van der Waals surface area contributed by atoms with E-state index >= 15 is 0 Å². The molecule has 0 bridgehead atoms. The summed E-state index contributed by atoms with van der Waals surface area (Å²) in [5, 5.41) is 4.23. The first-order valence-electron chi connectivity index (χ1n) is 9.15. The van der Waals surface area contributed by atoms with Gasteiger partial charge in [-0.2, -0.15) is 0 Å². The van der Waals surface area contributed by atoms with Gasteiger partial charge in [-0.3, -0.25) is 4.79 Å². The second-order valence-corrected chi connectivity index (χ2v) is 8.91. The van der Waals surface area contributed by atoms with Crippen LogP contribution in [0.15, 0.2) is 71.2 Å². The largest absolute Gasteiger partial charge is 0.320 e. The summed E-state index contributed by atoms with van der Waals surface area (Å²) in [6, 6.07) is 22.7. The summed E-state index contributed by atoms with van der Waals surface area (Å²) >= 11 is 5.11. The van der Waals surface area contributed by atoms with Crippen LogP contribution < -0.4 is 5.32 Å². The van der Waals surface area contributed by atoms with Gasteiger partial charge in [-0.15, -0.1) is 11.3 Å². The third-order valence-electron chi connectivity index (χ3n) is 4.78. The van der Waals surface area contributed by atoms with Gasteiger partial charge in [0.2, 0.25) is 0 Å². The number of benzene rings is 3. The topological polar surface area (TPSA) is 29.1 Å². The predicted octanol–water partition coefficient (Wildman–Crippen LogP) is 7.12. The smallest absolute Gasteiger partial charge is 0.266 e. The molecule has 0 aliphatic carbocycles. The fraction of sp³-hybridized carbons (Fsp3) is 0.125. The zero-order valence-corrected chi connectivity index (χ0v) is 18.2. The number of carbonyl (C=O) groups excluding carboxylic acids is 1. The quantitative estimate of drug-likeness (QED) is 0.352. The number of halogens is 1. The van der Waals surface area contributed by atoms with Crippen molar-refractivity contribution < 1.29 is 4.79 Å². The fourth-order valence-electron chi connectivity index (χ4n) is 3.27. The molecular weight excluding hydrogens is 430 g/mol. The van der Waals surface area contributed by atoms with Crippen LogP contribution in [0.25, 0.3) is 10.1 Å². The normalized spacial score (nSPS) is 11.0. The Bertz CT molecular complexity index is 1160. The third kappa shape index (κ3) is 3.89. The van der Waals surface area contributed by atoms with Gasteiger partial charge < -0.3 is 5.32 Å². The van der Waals surface area contributed by atoms with Crippen molar-refractivity contribution in [3.8, 4) is 0 Å². The molecule has 1 amide bonds. The molecule has 0 radical (unpaired) electrons. The highest BCUT2D eigenvalue weighted by atomic mass is 79.9. The summed E-state index contributed by atoms with van der Waals surface area (Å²) in [5.41, 5.74) is 5.46. The number of amides is 1. The van der Waals surface area contributed by atoms with E-state index in [2.05, 4.69) is 64.6 Å². The number of hydrogen-bond donors (Lipinski definition) is 1. The average molecular weight is 450 g/mol. The lowest BCUT2D eigenvalue weighted by Crippen LogP contribution is -2.13. The molecular formula is C24H20BrNOS. The van der Waals surface area contributed by atoms with Crippen LogP contribution in [0.5, 0.6) is 0 Å². The highest BCUT2D eigenvalue weighted by Crippen LogP contribution is 2.34. The Balaban J connectivity index is 1.73. The maximum Gasteiger partial charge on any atom is 0.266 e. The summed E-state index contributed by atoms with van der Waals surface area (Å²) in [7, 11) is 0. The van der Waals surface area contributed by atoms with Gasteiger partial charge in [0.05, 0.1) is 10.6 Å². The standard InChI is InChI=1S/C24H20BrNOS/c1-15-7-10-17(11-8-15)14-19-18-5-3-4-6-22(18)28-23(19)24(27)26-21-12-9-16(2)13-20(21)25/h3-13H,14H2,1-2H3,(H,26,27). The predicted molar refractivity (Wildman–Crippen MR) is 123 cm³/mol. The fourth-order valence-corrected chi connectivity index (χ4v) is 4.98. The van der Waals surface area contributed by atoms with Crippen LogP contribution >= 0.6 is 27.3 Å². The number of rotatable bonds is 4. The Labute approximate surface area is 177 Å². The molecule has 0 saturated heterocycles. The van der Waals surface area contributed by atoms with E-state index in [4.69, 9.17) is 0 Å². The van der Waals surface area contributed by atoms with Crippen molar-refractivity contribution in [2.45, 2.75) is 20.3 Å². The van der Waals surface area contributed by atoms with Crippen LogP contribution in [0, 0.1) is 13.8 Å². The molecule has 0 unspecified atom stereocenters. The van der Waals surface area contributed by atoms with E-state index < -0.39 is 0 Å². The van der Waals surface area contributed by atoms with Crippen molar-refractivity contribution in [1.29, 1.82) is 0 Å². The van der Waals surface area contributed by atoms with Crippen LogP contribution in [0.2, 0.25) is 0 Å². The zero-order chi connectivity index (χ0) is 19.7. The lowest BCUT2D eigenvalue weighted by Gasteiger charge is -2.09. The van der Waals surface area contributed by atoms with E-state index in [0.29, 0.717) is 0 Å². The lowest BCUT2D eigenvalue weighted by atomic mass is 10.0. The molecule has 1 aromatic heterocycles. The van der Waals surface area contributed by atoms with Gasteiger partial charge in [-0.1, -0.05) is 54.1 Å². The van der Waals surface area contributed by atoms with Gasteiger partial charge in [-0.05, 0) is 76.5 Å². The Kier molecular flexibility index (Phi) is 5.33. The van der Waals surface area contributed by atoms with Gasteiger partial charge in [0.15, 0.2) is 0 Å². The number of anilines is 1. The second kappa shape index (κ2) is 7.90. The van der Waals surface area contributed by atoms with Crippen LogP contribution in [0.4, 0.5) is 5.69 Å². The van der Waals surface area contributed by atoms with E-state index in [1.54, 1.807) is 11.3 Å². The second-order valence-electron chi connectivity index (χ2n) is 7.01. The monoisotopic (exact) mass is 449 g/mol. The van der Waals surface area contributed by atoms with E-state index in [-0.39, 0.29) is 5.91 Å². The van der Waals surface area contributed by atoms with Crippen molar-refractivity contribution in [3.05, 3.63) is 98.3 Å². The molecule has 0 fully saturated rings. The first kappa shape index (κ1) is 18.9. The van der Waals surface area contributed by atoms with Gasteiger partial charge >= 0.3 is 0 Å². The summed E-state index contributed by atoms with van der Waals surface area (Å²) in [4.78, 5) is 13.9. The first-order chi connectivity index (χ1) is 13.5. The van der Waals surface area contributed by atoms with Crippen molar-refractivity contribution >= 4 is 48.9 Å². The van der Waals surface area contributed by atoms with Crippen LogP contribution in [-0.4, -0.2) is 5.91 Å². The minimum atomic E-state index is -0.0622. The van der Waals surface area contributed by atoms with Crippen LogP contribution in [-0.2, 0) is 6.42 Å². The highest BCUT2D eigenvalue weighted by molar-refractivity contribution is 9.10. The number of hydrogen-bond acceptors (Lipinski definition) is 2. The molecule has 0 aliphatic rings. The maximum atomic E-state index is 13.2. The lowest BCUT2D eigenvalue weighted by molar-refractivity contribution is 0.103. The number of aryl methyl sites for hydroxylation is 2. The summed E-state index contributed by atoms with van der Waals surface area (Å²) in [5.74, 6) is -0.0622. The molecule has 140 valence electrons. The maximum absolute atomic E-state index is 13.2. The molecule has 28 heavy (non-hydrogen) atoms. The molecule has 1 N–H and O–H groups in total. The number of fused-ring (bicyclic) bond motifs is 1. The molecule has 1 heterocycles. The van der Waals surface area contributed by atoms with E-state index in [1.165, 1.54) is 11.1 Å². The Morgan fingerprint density at radius 3 is 2.43 bits per heavy atom. The molecule has 0 spiro atoms. The molecule has 0 aliphatic heterocycles. The van der Waals surface area contributed by atoms with E-state index in [1.807, 2.05) is 37.3 Å². The van der Waals surface area contributed by atoms with Crippen molar-refractivity contribution in [2.75, 3.05) is 5.32 Å². The van der Waals surface area contributed by atoms with Gasteiger partial charge in [0, 0.05) is 9.17 Å². The highest BCUT2D eigenvalue weighted by Gasteiger charge is 2.19. The zero-order valence-electron chi connectivity index (χ0n) is 15.8. The van der Waals surface area contributed by atoms with Crippen molar-refractivity contribution in [3.63, 3.8) is 0 Å². The van der Waals surface area contributed by atoms with Gasteiger partial charge in [-0.25, -0.2) is 0 Å². The first-order valence-corrected chi connectivity index (χ1v) is 10.8. The summed E-state index contributed by atoms with van der Waals surface area (Å²) < 4.78 is 2.03. The molecule has 4 heteroatoms. The molecule has 3 aromatic carbocycles. The summed E-state index contributed by atoms with van der Waals surface area (Å²) in [6.07, 6.45) is 0.738. The van der Waals surface area contributed by atoms with Crippen molar-refractivity contribution in [2.24, 2.45) is 0 Å². The third-order valence-corrected chi connectivity index (χ3v) is 6.65. The van der Waals surface area contributed by atoms with E-state index in [9.17, 15) is 4.79 Å². The molecule has 4 aromatic rings. The number of nitrogens with one attached hydrogen (secondary N) is 1. The Morgan fingerprint density at radius 1 is 0.964 bits per heavy atom. The van der Waals surface area contributed by atoms with Crippen LogP contribution in [0.3, 0.4) is 0 Å². The average Bonchev–Trinajstić information content (AvgIpc) is 3.04. The van der Waals surface area contributed by atoms with Crippen LogP contribution in [0.1, 0.15) is 31.9 Å². The Morgan fingerprint density at radius 2 is 1.68 bits per heavy atom. The Hall–Kier alpha value is -2.43. The minimum absolute atomic E-state index is 0.0622. The molecule has 4 rings (SSSR count). The minimum Gasteiger partial charge on any atom is -0.320 e. The molecule has 0 saturated carbocycles. The van der Waals surface area contributed by atoms with Gasteiger partial charge in [0.1, 0.15) is 0 Å².